The van der Waals surface area contributed by atoms with E-state index in [1.54, 1.807) is 0 Å². The molecule has 1 aliphatic heterocycles. The minimum absolute atomic E-state index is 0. The lowest BCUT2D eigenvalue weighted by molar-refractivity contribution is 0.643. The fourth-order valence-electron chi connectivity index (χ4n) is 3.93. The average molecular weight is 570 g/mol. The Balaban J connectivity index is 0.00000240. The highest BCUT2D eigenvalue weighted by Crippen LogP contribution is 2.49. The van der Waals surface area contributed by atoms with Crippen LogP contribution in [0.4, 0.5) is 5.82 Å². The molecule has 1 aromatic heterocycles. The van der Waals surface area contributed by atoms with E-state index in [1.165, 1.54) is 41.3 Å². The fraction of sp³-hybridized carbons (Fsp3) is 0.455. The van der Waals surface area contributed by atoms with E-state index in [0.717, 1.165) is 38.0 Å². The summed E-state index contributed by atoms with van der Waals surface area (Å²) < 4.78 is 1.20. The van der Waals surface area contributed by atoms with Crippen LogP contribution in [-0.2, 0) is 12.0 Å². The van der Waals surface area contributed by atoms with Crippen molar-refractivity contribution in [3.8, 4) is 0 Å². The van der Waals surface area contributed by atoms with Crippen LogP contribution in [0.25, 0.3) is 0 Å². The second-order valence-electron chi connectivity index (χ2n) is 7.76. The predicted octanol–water partition coefficient (Wildman–Crippen LogP) is 4.46. The highest BCUT2D eigenvalue weighted by molar-refractivity contribution is 14.0. The van der Waals surface area contributed by atoms with Crippen molar-refractivity contribution < 1.29 is 0 Å². The summed E-state index contributed by atoms with van der Waals surface area (Å²) in [7, 11) is 1.83. The zero-order valence-electron chi connectivity index (χ0n) is 16.8. The number of hydrogen-bond acceptors (Lipinski definition) is 3. The smallest absolute Gasteiger partial charge is 0.191 e. The van der Waals surface area contributed by atoms with E-state index in [2.05, 4.69) is 77.8 Å². The number of hydrogen-bond donors (Lipinski definition) is 2. The van der Waals surface area contributed by atoms with E-state index < -0.39 is 0 Å². The second kappa shape index (κ2) is 10.1. The van der Waals surface area contributed by atoms with Crippen LogP contribution in [0.1, 0.15) is 36.8 Å². The Morgan fingerprint density at radius 1 is 1.17 bits per heavy atom. The highest BCUT2D eigenvalue weighted by atomic mass is 127. The first-order valence-electron chi connectivity index (χ1n) is 10.1. The van der Waals surface area contributed by atoms with E-state index in [1.807, 2.05) is 13.2 Å². The molecule has 0 spiro atoms. The maximum Gasteiger partial charge on any atom is 0.191 e. The van der Waals surface area contributed by atoms with Gasteiger partial charge in [-0.1, -0.05) is 34.1 Å². The van der Waals surface area contributed by atoms with E-state index >= 15 is 0 Å². The summed E-state index contributed by atoms with van der Waals surface area (Å²) in [6, 6.07) is 12.8. The van der Waals surface area contributed by atoms with Crippen molar-refractivity contribution in [3.05, 3.63) is 58.2 Å². The first-order valence-corrected chi connectivity index (χ1v) is 10.9. The molecule has 4 rings (SSSR count). The molecule has 0 amide bonds. The summed E-state index contributed by atoms with van der Waals surface area (Å²) in [5, 5.41) is 6.98. The van der Waals surface area contributed by atoms with Gasteiger partial charge in [0.2, 0.25) is 0 Å². The molecule has 1 aromatic carbocycles. The zero-order valence-corrected chi connectivity index (χ0v) is 20.7. The highest BCUT2D eigenvalue weighted by Gasteiger charge is 2.45. The number of nitrogens with zero attached hydrogens (tertiary/aromatic N) is 3. The molecule has 1 saturated heterocycles. The van der Waals surface area contributed by atoms with E-state index in [-0.39, 0.29) is 29.4 Å². The first-order chi connectivity index (χ1) is 13.7. The van der Waals surface area contributed by atoms with Crippen LogP contribution < -0.4 is 15.5 Å². The number of benzene rings is 1. The molecule has 2 aliphatic rings. The van der Waals surface area contributed by atoms with Crippen molar-refractivity contribution in [3.63, 3.8) is 0 Å². The number of aromatic nitrogens is 1. The third-order valence-corrected chi connectivity index (χ3v) is 6.51. The van der Waals surface area contributed by atoms with Crippen molar-refractivity contribution in [2.24, 2.45) is 4.99 Å². The number of pyridine rings is 1. The van der Waals surface area contributed by atoms with Gasteiger partial charge in [-0.25, -0.2) is 4.98 Å². The van der Waals surface area contributed by atoms with Gasteiger partial charge in [-0.2, -0.15) is 0 Å². The van der Waals surface area contributed by atoms with Crippen LogP contribution in [0, 0.1) is 0 Å². The van der Waals surface area contributed by atoms with Crippen LogP contribution in [0.3, 0.4) is 0 Å². The number of nitrogens with one attached hydrogen (secondary N) is 2. The maximum atomic E-state index is 4.54. The second-order valence-corrected chi connectivity index (χ2v) is 8.61. The quantitative estimate of drug-likeness (QED) is 0.306. The average Bonchev–Trinajstić information content (AvgIpc) is 3.30. The van der Waals surface area contributed by atoms with Crippen molar-refractivity contribution in [2.45, 2.75) is 37.6 Å². The van der Waals surface area contributed by atoms with Gasteiger partial charge in [-0.05, 0) is 55.0 Å². The predicted molar refractivity (Wildman–Crippen MR) is 134 cm³/mol. The van der Waals surface area contributed by atoms with Gasteiger partial charge in [-0.3, -0.25) is 4.99 Å². The fourth-order valence-corrected chi connectivity index (χ4v) is 4.64. The number of anilines is 1. The third-order valence-electron chi connectivity index (χ3n) is 5.82. The lowest BCUT2D eigenvalue weighted by Gasteiger charge is -2.20. The SMILES string of the molecule is CN=C(NCc1ccnc(N2CCCC2)c1)NCC1(c2ccccc2Br)CC1.I. The van der Waals surface area contributed by atoms with Gasteiger partial charge in [0, 0.05) is 49.3 Å². The lowest BCUT2D eigenvalue weighted by atomic mass is 9.96. The summed E-state index contributed by atoms with van der Waals surface area (Å²) >= 11 is 3.71. The molecule has 1 aliphatic carbocycles. The lowest BCUT2D eigenvalue weighted by Crippen LogP contribution is -2.41. The molecule has 156 valence electrons. The van der Waals surface area contributed by atoms with Crippen molar-refractivity contribution in [1.82, 2.24) is 15.6 Å². The Labute approximate surface area is 198 Å². The molecule has 2 aromatic rings. The van der Waals surface area contributed by atoms with Gasteiger partial charge in [0.05, 0.1) is 0 Å². The van der Waals surface area contributed by atoms with Gasteiger partial charge >= 0.3 is 0 Å². The van der Waals surface area contributed by atoms with Crippen LogP contribution in [-0.4, -0.2) is 37.6 Å². The Morgan fingerprint density at radius 2 is 1.93 bits per heavy atom. The molecule has 1 saturated carbocycles. The van der Waals surface area contributed by atoms with Crippen molar-refractivity contribution in [2.75, 3.05) is 31.6 Å². The third kappa shape index (κ3) is 5.42. The summed E-state index contributed by atoms with van der Waals surface area (Å²) in [5.74, 6) is 1.93. The number of halogens is 2. The molecule has 0 radical (unpaired) electrons. The monoisotopic (exact) mass is 569 g/mol. The zero-order chi connectivity index (χ0) is 19.4. The van der Waals surface area contributed by atoms with E-state index in [4.69, 9.17) is 0 Å². The van der Waals surface area contributed by atoms with Gasteiger partial charge in [0.15, 0.2) is 5.96 Å². The molecule has 29 heavy (non-hydrogen) atoms. The van der Waals surface area contributed by atoms with Gasteiger partial charge < -0.3 is 15.5 Å². The van der Waals surface area contributed by atoms with Crippen LogP contribution in [0.2, 0.25) is 0 Å². The molecular formula is C22H29BrIN5. The molecule has 2 heterocycles. The molecule has 0 atom stereocenters. The van der Waals surface area contributed by atoms with E-state index in [9.17, 15) is 0 Å². The van der Waals surface area contributed by atoms with Gasteiger partial charge in [0.25, 0.3) is 0 Å². The van der Waals surface area contributed by atoms with E-state index in [0.29, 0.717) is 0 Å². The molecule has 2 N–H and O–H groups in total. The minimum atomic E-state index is 0. The molecule has 5 nitrogen and oxygen atoms in total. The largest absolute Gasteiger partial charge is 0.357 e. The Kier molecular flexibility index (Phi) is 7.79. The van der Waals surface area contributed by atoms with Crippen LogP contribution in [0.15, 0.2) is 52.1 Å². The Bertz CT molecular complexity index is 847. The first kappa shape index (κ1) is 22.3. The van der Waals surface area contributed by atoms with Crippen molar-refractivity contribution >= 4 is 51.7 Å². The summed E-state index contributed by atoms with van der Waals surface area (Å²) in [4.78, 5) is 11.3. The standard InChI is InChI=1S/C22H28BrN5.HI/c1-24-21(27-16-22(9-10-22)18-6-2-3-7-19(18)23)26-15-17-8-11-25-20(14-17)28-12-4-5-13-28;/h2-3,6-8,11,14H,4-5,9-10,12-13,15-16H2,1H3,(H2,24,26,27);1H. The molecule has 0 unspecified atom stereocenters. The van der Waals surface area contributed by atoms with Gasteiger partial charge in [-0.15, -0.1) is 24.0 Å². The summed E-state index contributed by atoms with van der Waals surface area (Å²) in [6.07, 6.45) is 6.86. The Morgan fingerprint density at radius 3 is 2.62 bits per heavy atom. The van der Waals surface area contributed by atoms with Gasteiger partial charge in [0.1, 0.15) is 5.82 Å². The van der Waals surface area contributed by atoms with Crippen LogP contribution in [0.5, 0.6) is 0 Å². The molecule has 2 fully saturated rings. The number of guanidine groups is 1. The number of aliphatic imine (C=N–C) groups is 1. The normalized spacial score (nSPS) is 17.6. The summed E-state index contributed by atoms with van der Waals surface area (Å²) in [6.45, 7) is 3.87. The van der Waals surface area contributed by atoms with Crippen molar-refractivity contribution in [1.29, 1.82) is 0 Å². The maximum absolute atomic E-state index is 4.54. The molecular weight excluding hydrogens is 541 g/mol. The number of rotatable bonds is 6. The molecule has 7 heteroatoms. The Hall–Kier alpha value is -1.35. The topological polar surface area (TPSA) is 52.6 Å². The molecule has 0 bridgehead atoms. The minimum Gasteiger partial charge on any atom is -0.357 e. The van der Waals surface area contributed by atoms with Crippen LogP contribution >= 0.6 is 39.9 Å². The summed E-state index contributed by atoms with van der Waals surface area (Å²) in [5.41, 5.74) is 2.84.